The van der Waals surface area contributed by atoms with Crippen molar-refractivity contribution >= 4 is 0 Å². The second-order valence-corrected chi connectivity index (χ2v) is 9.03. The molecular formula is C19H34N2. The summed E-state index contributed by atoms with van der Waals surface area (Å²) in [6.07, 6.45) is 15.1. The highest BCUT2D eigenvalue weighted by Gasteiger charge is 2.50. The van der Waals surface area contributed by atoms with Gasteiger partial charge in [0.05, 0.1) is 0 Å². The molecule has 5 rings (SSSR count). The Morgan fingerprint density at radius 1 is 0.905 bits per heavy atom. The van der Waals surface area contributed by atoms with Crippen molar-refractivity contribution in [1.29, 1.82) is 0 Å². The molecule has 2 nitrogen and oxygen atoms in total. The number of likely N-dealkylation sites (tertiary alicyclic amines) is 1. The van der Waals surface area contributed by atoms with Crippen LogP contribution in [0.1, 0.15) is 64.2 Å². The fourth-order valence-corrected chi connectivity index (χ4v) is 6.73. The summed E-state index contributed by atoms with van der Waals surface area (Å²) in [5, 5.41) is 0. The average molecular weight is 290 g/mol. The van der Waals surface area contributed by atoms with Crippen LogP contribution in [0.15, 0.2) is 0 Å². The van der Waals surface area contributed by atoms with Crippen LogP contribution in [0, 0.1) is 29.1 Å². The molecule has 0 radical (unpaired) electrons. The maximum Gasteiger partial charge on any atom is -0.00134 e. The molecule has 120 valence electrons. The Bertz CT molecular complexity index is 321. The largest absolute Gasteiger partial charge is 0.330 e. The van der Waals surface area contributed by atoms with Gasteiger partial charge in [0.15, 0.2) is 0 Å². The van der Waals surface area contributed by atoms with E-state index in [4.69, 9.17) is 5.73 Å². The topological polar surface area (TPSA) is 29.3 Å². The summed E-state index contributed by atoms with van der Waals surface area (Å²) in [5.74, 6) is 4.27. The molecule has 0 aromatic rings. The summed E-state index contributed by atoms with van der Waals surface area (Å²) in [7, 11) is 0. The van der Waals surface area contributed by atoms with Crippen LogP contribution in [-0.2, 0) is 0 Å². The van der Waals surface area contributed by atoms with Gasteiger partial charge < -0.3 is 10.6 Å². The summed E-state index contributed by atoms with van der Waals surface area (Å²) < 4.78 is 0. The molecule has 4 bridgehead atoms. The predicted molar refractivity (Wildman–Crippen MR) is 88.1 cm³/mol. The van der Waals surface area contributed by atoms with Gasteiger partial charge in [-0.1, -0.05) is 0 Å². The van der Waals surface area contributed by atoms with Crippen LogP contribution in [0.5, 0.6) is 0 Å². The maximum atomic E-state index is 5.71. The highest BCUT2D eigenvalue weighted by molar-refractivity contribution is 5.01. The normalized spacial score (nSPS) is 43.6. The van der Waals surface area contributed by atoms with E-state index in [1.54, 1.807) is 38.5 Å². The van der Waals surface area contributed by atoms with Gasteiger partial charge in [0.25, 0.3) is 0 Å². The zero-order chi connectivity index (χ0) is 14.3. The van der Waals surface area contributed by atoms with Crippen LogP contribution in [0.3, 0.4) is 0 Å². The van der Waals surface area contributed by atoms with Gasteiger partial charge in [-0.2, -0.15) is 0 Å². The molecule has 21 heavy (non-hydrogen) atoms. The van der Waals surface area contributed by atoms with Crippen LogP contribution < -0.4 is 5.73 Å². The zero-order valence-electron chi connectivity index (χ0n) is 13.7. The van der Waals surface area contributed by atoms with Crippen molar-refractivity contribution in [2.24, 2.45) is 34.8 Å². The molecule has 2 heteroatoms. The molecular weight excluding hydrogens is 256 g/mol. The van der Waals surface area contributed by atoms with Crippen LogP contribution >= 0.6 is 0 Å². The van der Waals surface area contributed by atoms with E-state index in [0.717, 1.165) is 35.6 Å². The standard InChI is InChI=1S/C19H34N2/c20-5-1-15-2-6-21(7-3-15)8-4-19-12-16-9-17(13-19)11-18(10-16)14-19/h15-18H,1-14,20H2. The third-order valence-electron chi connectivity index (χ3n) is 7.41. The van der Waals surface area contributed by atoms with E-state index in [1.807, 2.05) is 0 Å². The third-order valence-corrected chi connectivity index (χ3v) is 7.41. The average Bonchev–Trinajstić information content (AvgIpc) is 2.46. The predicted octanol–water partition coefficient (Wildman–Crippen LogP) is 3.65. The smallest absolute Gasteiger partial charge is 0.00134 e. The number of nitrogens with zero attached hydrogens (tertiary/aromatic N) is 1. The van der Waals surface area contributed by atoms with Crippen LogP contribution in [0.2, 0.25) is 0 Å². The number of hydrogen-bond acceptors (Lipinski definition) is 2. The van der Waals surface area contributed by atoms with Gasteiger partial charge in [0.2, 0.25) is 0 Å². The summed E-state index contributed by atoms with van der Waals surface area (Å²) in [4.78, 5) is 2.77. The van der Waals surface area contributed by atoms with Crippen molar-refractivity contribution < 1.29 is 0 Å². The number of rotatable bonds is 5. The SMILES string of the molecule is NCCC1CCN(CCC23CC4CC(CC(C4)C2)C3)CC1. The van der Waals surface area contributed by atoms with Crippen LogP contribution in [0.25, 0.3) is 0 Å². The van der Waals surface area contributed by atoms with Gasteiger partial charge in [-0.3, -0.25) is 0 Å². The van der Waals surface area contributed by atoms with E-state index < -0.39 is 0 Å². The molecule has 4 aliphatic carbocycles. The van der Waals surface area contributed by atoms with Gasteiger partial charge in [0, 0.05) is 0 Å². The Hall–Kier alpha value is -0.0800. The van der Waals surface area contributed by atoms with Crippen LogP contribution in [0.4, 0.5) is 0 Å². The van der Waals surface area contributed by atoms with E-state index in [1.165, 1.54) is 45.3 Å². The van der Waals surface area contributed by atoms with Gasteiger partial charge in [-0.15, -0.1) is 0 Å². The molecule has 2 N–H and O–H groups in total. The molecule has 0 aromatic heterocycles. The van der Waals surface area contributed by atoms with Crippen molar-refractivity contribution in [3.8, 4) is 0 Å². The van der Waals surface area contributed by atoms with Gasteiger partial charge in [-0.25, -0.2) is 0 Å². The van der Waals surface area contributed by atoms with Crippen molar-refractivity contribution in [3.63, 3.8) is 0 Å². The molecule has 1 heterocycles. The molecule has 1 saturated heterocycles. The second kappa shape index (κ2) is 5.85. The summed E-state index contributed by atoms with van der Waals surface area (Å²) in [6.45, 7) is 4.97. The van der Waals surface area contributed by atoms with E-state index in [-0.39, 0.29) is 0 Å². The van der Waals surface area contributed by atoms with Crippen LogP contribution in [-0.4, -0.2) is 31.1 Å². The Kier molecular flexibility index (Phi) is 4.04. The molecule has 0 amide bonds. The van der Waals surface area contributed by atoms with Crippen molar-refractivity contribution in [2.45, 2.75) is 64.2 Å². The molecule has 0 spiro atoms. The maximum absolute atomic E-state index is 5.71. The lowest BCUT2D eigenvalue weighted by atomic mass is 9.49. The first-order valence-corrected chi connectivity index (χ1v) is 9.67. The molecule has 5 aliphatic rings. The lowest BCUT2D eigenvalue weighted by Crippen LogP contribution is -2.47. The zero-order valence-corrected chi connectivity index (χ0v) is 13.7. The molecule has 0 atom stereocenters. The molecule has 1 aliphatic heterocycles. The Balaban J connectivity index is 1.28. The Morgan fingerprint density at radius 3 is 2.00 bits per heavy atom. The van der Waals surface area contributed by atoms with E-state index in [9.17, 15) is 0 Å². The fraction of sp³-hybridized carbons (Fsp3) is 1.00. The third kappa shape index (κ3) is 3.03. The summed E-state index contributed by atoms with van der Waals surface area (Å²) in [5.41, 5.74) is 6.49. The minimum atomic E-state index is 0.781. The van der Waals surface area contributed by atoms with E-state index >= 15 is 0 Å². The monoisotopic (exact) mass is 290 g/mol. The van der Waals surface area contributed by atoms with Gasteiger partial charge in [-0.05, 0) is 119 Å². The number of nitrogens with two attached hydrogens (primary N) is 1. The van der Waals surface area contributed by atoms with E-state index in [2.05, 4.69) is 4.90 Å². The molecule has 0 aromatic carbocycles. The number of piperidine rings is 1. The molecule has 0 unspecified atom stereocenters. The minimum absolute atomic E-state index is 0.781. The van der Waals surface area contributed by atoms with Gasteiger partial charge >= 0.3 is 0 Å². The minimum Gasteiger partial charge on any atom is -0.330 e. The Morgan fingerprint density at radius 2 is 1.48 bits per heavy atom. The first-order chi connectivity index (χ1) is 10.2. The lowest BCUT2D eigenvalue weighted by Gasteiger charge is -2.57. The van der Waals surface area contributed by atoms with Crippen molar-refractivity contribution in [2.75, 3.05) is 26.2 Å². The summed E-state index contributed by atoms with van der Waals surface area (Å²) >= 11 is 0. The lowest BCUT2D eigenvalue weighted by molar-refractivity contribution is -0.0618. The van der Waals surface area contributed by atoms with Crippen molar-refractivity contribution in [3.05, 3.63) is 0 Å². The Labute approximate surface area is 130 Å². The first-order valence-electron chi connectivity index (χ1n) is 9.67. The number of hydrogen-bond donors (Lipinski definition) is 1. The molecule has 4 saturated carbocycles. The highest BCUT2D eigenvalue weighted by Crippen LogP contribution is 2.61. The first kappa shape index (κ1) is 14.5. The summed E-state index contributed by atoms with van der Waals surface area (Å²) in [6, 6.07) is 0. The van der Waals surface area contributed by atoms with Crippen molar-refractivity contribution in [1.82, 2.24) is 4.90 Å². The van der Waals surface area contributed by atoms with E-state index in [0.29, 0.717) is 0 Å². The fourth-order valence-electron chi connectivity index (χ4n) is 6.73. The molecule has 5 fully saturated rings. The van der Waals surface area contributed by atoms with Gasteiger partial charge in [0.1, 0.15) is 0 Å². The highest BCUT2D eigenvalue weighted by atomic mass is 15.1. The second-order valence-electron chi connectivity index (χ2n) is 9.03. The quantitative estimate of drug-likeness (QED) is 0.837.